The molecule has 1 saturated carbocycles. The molecule has 0 heterocycles. The van der Waals surface area contributed by atoms with E-state index in [1.54, 1.807) is 0 Å². The number of hydrogen-bond donors (Lipinski definition) is 1. The number of anilines is 1. The Labute approximate surface area is 104 Å². The SMILES string of the molecule is CC(C#N)Nc1ccc(C2CCCCC2)cc1. The molecule has 0 amide bonds. The van der Waals surface area contributed by atoms with Gasteiger partial charge in [0.25, 0.3) is 0 Å². The minimum absolute atomic E-state index is 0.129. The first-order valence-electron chi connectivity index (χ1n) is 6.55. The predicted molar refractivity (Wildman–Crippen MR) is 71.0 cm³/mol. The maximum atomic E-state index is 8.74. The zero-order chi connectivity index (χ0) is 12.1. The van der Waals surface area contributed by atoms with Crippen LogP contribution >= 0.6 is 0 Å². The molecule has 1 fully saturated rings. The molecule has 2 nitrogen and oxygen atoms in total. The summed E-state index contributed by atoms with van der Waals surface area (Å²) >= 11 is 0. The van der Waals surface area contributed by atoms with Crippen molar-refractivity contribution < 1.29 is 0 Å². The second-order valence-corrected chi connectivity index (χ2v) is 4.95. The van der Waals surface area contributed by atoms with E-state index in [2.05, 4.69) is 35.7 Å². The van der Waals surface area contributed by atoms with E-state index in [9.17, 15) is 0 Å². The lowest BCUT2D eigenvalue weighted by molar-refractivity contribution is 0.443. The number of benzene rings is 1. The molecule has 1 aromatic rings. The third kappa shape index (κ3) is 3.23. The van der Waals surface area contributed by atoms with E-state index in [0.29, 0.717) is 0 Å². The van der Waals surface area contributed by atoms with E-state index < -0.39 is 0 Å². The molecule has 17 heavy (non-hydrogen) atoms. The predicted octanol–water partition coefficient (Wildman–Crippen LogP) is 4.06. The minimum Gasteiger partial charge on any atom is -0.370 e. The molecule has 0 spiro atoms. The van der Waals surface area contributed by atoms with Gasteiger partial charge in [-0.05, 0) is 43.4 Å². The van der Waals surface area contributed by atoms with Crippen LogP contribution in [0, 0.1) is 11.3 Å². The molecule has 1 unspecified atom stereocenters. The highest BCUT2D eigenvalue weighted by atomic mass is 14.9. The van der Waals surface area contributed by atoms with Gasteiger partial charge in [-0.25, -0.2) is 0 Å². The molecular weight excluding hydrogens is 208 g/mol. The lowest BCUT2D eigenvalue weighted by Gasteiger charge is -2.22. The van der Waals surface area contributed by atoms with Crippen molar-refractivity contribution in [2.45, 2.75) is 51.0 Å². The van der Waals surface area contributed by atoms with Crippen LogP contribution in [0.25, 0.3) is 0 Å². The van der Waals surface area contributed by atoms with Crippen molar-refractivity contribution in [3.05, 3.63) is 29.8 Å². The van der Waals surface area contributed by atoms with Gasteiger partial charge in [-0.15, -0.1) is 0 Å². The van der Waals surface area contributed by atoms with Crippen LogP contribution in [0.3, 0.4) is 0 Å². The third-order valence-corrected chi connectivity index (χ3v) is 3.56. The van der Waals surface area contributed by atoms with Crippen LogP contribution in [0.1, 0.15) is 50.5 Å². The summed E-state index contributed by atoms with van der Waals surface area (Å²) in [6.45, 7) is 1.87. The lowest BCUT2D eigenvalue weighted by Crippen LogP contribution is -2.12. The fourth-order valence-electron chi connectivity index (χ4n) is 2.57. The number of nitrogens with one attached hydrogen (secondary N) is 1. The summed E-state index contributed by atoms with van der Waals surface area (Å²) in [6.07, 6.45) is 6.81. The van der Waals surface area contributed by atoms with Crippen LogP contribution < -0.4 is 5.32 Å². The molecule has 1 atom stereocenters. The molecule has 0 aromatic heterocycles. The fraction of sp³-hybridized carbons (Fsp3) is 0.533. The summed E-state index contributed by atoms with van der Waals surface area (Å²) in [4.78, 5) is 0. The average molecular weight is 228 g/mol. The Balaban J connectivity index is 2.00. The molecular formula is C15H20N2. The highest BCUT2D eigenvalue weighted by Crippen LogP contribution is 2.32. The van der Waals surface area contributed by atoms with E-state index in [4.69, 9.17) is 5.26 Å². The Kier molecular flexibility index (Phi) is 4.03. The number of nitriles is 1. The van der Waals surface area contributed by atoms with Crippen LogP contribution in [0.15, 0.2) is 24.3 Å². The Morgan fingerprint density at radius 1 is 1.18 bits per heavy atom. The van der Waals surface area contributed by atoms with Crippen LogP contribution in [0.2, 0.25) is 0 Å². The molecule has 2 heteroatoms. The molecule has 1 N–H and O–H groups in total. The molecule has 0 bridgehead atoms. The summed E-state index contributed by atoms with van der Waals surface area (Å²) in [7, 11) is 0. The first kappa shape index (κ1) is 12.0. The van der Waals surface area contributed by atoms with Gasteiger partial charge in [-0.3, -0.25) is 0 Å². The van der Waals surface area contributed by atoms with E-state index >= 15 is 0 Å². The van der Waals surface area contributed by atoms with Gasteiger partial charge in [0.15, 0.2) is 0 Å². The maximum Gasteiger partial charge on any atom is 0.111 e. The van der Waals surface area contributed by atoms with Crippen molar-refractivity contribution in [3.8, 4) is 6.07 Å². The summed E-state index contributed by atoms with van der Waals surface area (Å²) in [6, 6.07) is 10.7. The van der Waals surface area contributed by atoms with Crippen LogP contribution in [0.5, 0.6) is 0 Å². The topological polar surface area (TPSA) is 35.8 Å². The second kappa shape index (κ2) is 5.72. The van der Waals surface area contributed by atoms with E-state index in [1.165, 1.54) is 37.7 Å². The average Bonchev–Trinajstić information content (AvgIpc) is 2.40. The van der Waals surface area contributed by atoms with Crippen molar-refractivity contribution in [3.63, 3.8) is 0 Å². The molecule has 1 aliphatic rings. The second-order valence-electron chi connectivity index (χ2n) is 4.95. The monoisotopic (exact) mass is 228 g/mol. The summed E-state index contributed by atoms with van der Waals surface area (Å²) in [5, 5.41) is 11.9. The molecule has 0 saturated heterocycles. The van der Waals surface area contributed by atoms with Crippen molar-refractivity contribution >= 4 is 5.69 Å². The Bertz CT molecular complexity index is 382. The Morgan fingerprint density at radius 2 is 1.82 bits per heavy atom. The molecule has 1 aromatic carbocycles. The first-order chi connectivity index (χ1) is 8.29. The number of rotatable bonds is 3. The first-order valence-corrected chi connectivity index (χ1v) is 6.55. The van der Waals surface area contributed by atoms with Gasteiger partial charge in [-0.1, -0.05) is 31.4 Å². The van der Waals surface area contributed by atoms with Gasteiger partial charge < -0.3 is 5.32 Å². The van der Waals surface area contributed by atoms with Gasteiger partial charge >= 0.3 is 0 Å². The van der Waals surface area contributed by atoms with Gasteiger partial charge in [0.2, 0.25) is 0 Å². The highest BCUT2D eigenvalue weighted by Gasteiger charge is 2.15. The Hall–Kier alpha value is -1.49. The van der Waals surface area contributed by atoms with Gasteiger partial charge in [-0.2, -0.15) is 5.26 Å². The molecule has 90 valence electrons. The summed E-state index contributed by atoms with van der Waals surface area (Å²) in [5.74, 6) is 0.756. The van der Waals surface area contributed by atoms with Crippen molar-refractivity contribution in [1.82, 2.24) is 0 Å². The van der Waals surface area contributed by atoms with E-state index in [-0.39, 0.29) is 6.04 Å². The quantitative estimate of drug-likeness (QED) is 0.846. The van der Waals surface area contributed by atoms with Gasteiger partial charge in [0, 0.05) is 5.69 Å². The van der Waals surface area contributed by atoms with Crippen LogP contribution in [0.4, 0.5) is 5.69 Å². The Morgan fingerprint density at radius 3 is 2.41 bits per heavy atom. The lowest BCUT2D eigenvalue weighted by atomic mass is 9.84. The highest BCUT2D eigenvalue weighted by molar-refractivity contribution is 5.46. The zero-order valence-electron chi connectivity index (χ0n) is 10.4. The van der Waals surface area contributed by atoms with Crippen molar-refractivity contribution in [2.24, 2.45) is 0 Å². The van der Waals surface area contributed by atoms with Gasteiger partial charge in [0.1, 0.15) is 6.04 Å². The third-order valence-electron chi connectivity index (χ3n) is 3.56. The van der Waals surface area contributed by atoms with Crippen LogP contribution in [-0.2, 0) is 0 Å². The molecule has 0 aliphatic heterocycles. The normalized spacial score (nSPS) is 18.4. The van der Waals surface area contributed by atoms with E-state index in [0.717, 1.165) is 11.6 Å². The van der Waals surface area contributed by atoms with Crippen LogP contribution in [-0.4, -0.2) is 6.04 Å². The van der Waals surface area contributed by atoms with Gasteiger partial charge in [0.05, 0.1) is 6.07 Å². The molecule has 0 radical (unpaired) electrons. The minimum atomic E-state index is -0.129. The summed E-state index contributed by atoms with van der Waals surface area (Å²) in [5.41, 5.74) is 2.50. The largest absolute Gasteiger partial charge is 0.370 e. The maximum absolute atomic E-state index is 8.74. The smallest absolute Gasteiger partial charge is 0.111 e. The standard InChI is InChI=1S/C15H20N2/c1-12(11-16)17-15-9-7-14(8-10-15)13-5-3-2-4-6-13/h7-10,12-13,17H,2-6H2,1H3. The number of nitrogens with zero attached hydrogens (tertiary/aromatic N) is 1. The summed E-state index contributed by atoms with van der Waals surface area (Å²) < 4.78 is 0. The molecule has 1 aliphatic carbocycles. The fourth-order valence-corrected chi connectivity index (χ4v) is 2.57. The van der Waals surface area contributed by atoms with Crippen molar-refractivity contribution in [2.75, 3.05) is 5.32 Å². The van der Waals surface area contributed by atoms with Crippen molar-refractivity contribution in [1.29, 1.82) is 5.26 Å². The molecule has 2 rings (SSSR count). The zero-order valence-corrected chi connectivity index (χ0v) is 10.4. The number of hydrogen-bond acceptors (Lipinski definition) is 2. The van der Waals surface area contributed by atoms with E-state index in [1.807, 2.05) is 6.92 Å².